The van der Waals surface area contributed by atoms with E-state index in [2.05, 4.69) is 10.6 Å². The van der Waals surface area contributed by atoms with Crippen molar-refractivity contribution >= 4 is 44.8 Å². The van der Waals surface area contributed by atoms with Gasteiger partial charge in [0, 0.05) is 11.6 Å². The molecule has 0 spiro atoms. The zero-order valence-electron chi connectivity index (χ0n) is 20.6. The van der Waals surface area contributed by atoms with E-state index in [0.717, 1.165) is 9.87 Å². The fourth-order valence-corrected chi connectivity index (χ4v) is 5.52. The van der Waals surface area contributed by atoms with Crippen LogP contribution in [-0.4, -0.2) is 26.8 Å². The minimum Gasteiger partial charge on any atom is -0.348 e. The first-order chi connectivity index (χ1) is 18.3. The summed E-state index contributed by atoms with van der Waals surface area (Å²) in [6.07, 6.45) is 0. The molecule has 7 nitrogen and oxygen atoms in total. The van der Waals surface area contributed by atoms with E-state index in [0.29, 0.717) is 17.1 Å². The first-order valence-corrected chi connectivity index (χ1v) is 13.6. The number of amides is 2. The monoisotopic (exact) mass is 547 g/mol. The molecule has 0 aliphatic heterocycles. The van der Waals surface area contributed by atoms with Crippen molar-refractivity contribution in [3.05, 3.63) is 125 Å². The van der Waals surface area contributed by atoms with Gasteiger partial charge in [-0.15, -0.1) is 0 Å². The number of nitrogens with zero attached hydrogens (tertiary/aromatic N) is 1. The van der Waals surface area contributed by atoms with Gasteiger partial charge in [0.2, 0.25) is 5.91 Å². The number of nitrogens with one attached hydrogen (secondary N) is 2. The fourth-order valence-electron chi connectivity index (χ4n) is 3.85. The molecule has 0 aliphatic carbocycles. The molecule has 0 radical (unpaired) electrons. The predicted molar refractivity (Wildman–Crippen MR) is 150 cm³/mol. The molecule has 194 valence electrons. The molecule has 0 saturated carbocycles. The van der Waals surface area contributed by atoms with Gasteiger partial charge in [-0.3, -0.25) is 13.9 Å². The summed E-state index contributed by atoms with van der Waals surface area (Å²) < 4.78 is 28.3. The summed E-state index contributed by atoms with van der Waals surface area (Å²) in [5.74, 6) is -0.989. The van der Waals surface area contributed by atoms with Crippen LogP contribution in [0.3, 0.4) is 0 Å². The smallest absolute Gasteiger partial charge is 0.264 e. The Morgan fingerprint density at radius 1 is 0.842 bits per heavy atom. The number of anilines is 2. The normalized spacial score (nSPS) is 11.0. The van der Waals surface area contributed by atoms with Crippen molar-refractivity contribution in [2.24, 2.45) is 0 Å². The van der Waals surface area contributed by atoms with Crippen LogP contribution in [0.5, 0.6) is 0 Å². The number of para-hydroxylation sites is 1. The Kier molecular flexibility index (Phi) is 8.45. The predicted octanol–water partition coefficient (Wildman–Crippen LogP) is 5.41. The lowest BCUT2D eigenvalue weighted by Gasteiger charge is -2.26. The molecule has 0 aliphatic rings. The number of hydrogen-bond acceptors (Lipinski definition) is 4. The molecule has 9 heteroatoms. The van der Waals surface area contributed by atoms with Gasteiger partial charge in [0.25, 0.3) is 15.9 Å². The summed E-state index contributed by atoms with van der Waals surface area (Å²) in [7, 11) is -4.11. The van der Waals surface area contributed by atoms with Crippen molar-refractivity contribution in [2.45, 2.75) is 18.4 Å². The molecule has 0 heterocycles. The van der Waals surface area contributed by atoms with Gasteiger partial charge in [-0.1, -0.05) is 78.3 Å². The Labute approximate surface area is 227 Å². The summed E-state index contributed by atoms with van der Waals surface area (Å²) in [4.78, 5) is 26.2. The Balaban J connectivity index is 1.59. The van der Waals surface area contributed by atoms with E-state index in [-0.39, 0.29) is 27.7 Å². The van der Waals surface area contributed by atoms with Crippen molar-refractivity contribution in [1.82, 2.24) is 5.32 Å². The molecule has 4 rings (SSSR count). The zero-order chi connectivity index (χ0) is 27.1. The van der Waals surface area contributed by atoms with Crippen molar-refractivity contribution in [3.8, 4) is 0 Å². The van der Waals surface area contributed by atoms with E-state index in [9.17, 15) is 18.0 Å². The number of hydrogen-bond donors (Lipinski definition) is 2. The molecule has 0 unspecified atom stereocenters. The lowest BCUT2D eigenvalue weighted by molar-refractivity contribution is -0.114. The lowest BCUT2D eigenvalue weighted by atomic mass is 10.1. The highest BCUT2D eigenvalue weighted by Crippen LogP contribution is 2.29. The van der Waals surface area contributed by atoms with Crippen molar-refractivity contribution in [3.63, 3.8) is 0 Å². The molecule has 0 aromatic heterocycles. The van der Waals surface area contributed by atoms with Gasteiger partial charge < -0.3 is 10.6 Å². The number of aryl methyl sites for hydroxylation is 1. The van der Waals surface area contributed by atoms with Crippen LogP contribution >= 0.6 is 11.6 Å². The highest BCUT2D eigenvalue weighted by molar-refractivity contribution is 7.92. The average Bonchev–Trinajstić information content (AvgIpc) is 2.93. The van der Waals surface area contributed by atoms with Gasteiger partial charge in [-0.25, -0.2) is 8.42 Å². The van der Waals surface area contributed by atoms with Crippen LogP contribution in [-0.2, 0) is 21.4 Å². The highest BCUT2D eigenvalue weighted by Gasteiger charge is 2.29. The van der Waals surface area contributed by atoms with Crippen molar-refractivity contribution in [2.75, 3.05) is 16.2 Å². The molecule has 4 aromatic carbocycles. The standard InChI is InChI=1S/C29H26ClN3O4S/c1-21-16-17-23(30)18-27(21)33(38(36,37)24-12-6-3-7-13-24)20-28(34)32-26-15-9-8-14-25(26)29(35)31-19-22-10-4-2-5-11-22/h2-18H,19-20H2,1H3,(H,31,35)(H,32,34). The fraction of sp³-hybridized carbons (Fsp3) is 0.103. The minimum absolute atomic E-state index is 0.0351. The number of sulfonamides is 1. The van der Waals surface area contributed by atoms with Crippen LogP contribution in [0, 0.1) is 6.92 Å². The number of halogens is 1. The summed E-state index contributed by atoms with van der Waals surface area (Å²) in [5.41, 5.74) is 2.37. The summed E-state index contributed by atoms with van der Waals surface area (Å²) >= 11 is 6.19. The van der Waals surface area contributed by atoms with E-state index in [4.69, 9.17) is 11.6 Å². The zero-order valence-corrected chi connectivity index (χ0v) is 22.2. The number of carbonyl (C=O) groups is 2. The molecule has 0 saturated heterocycles. The molecule has 0 bridgehead atoms. The Morgan fingerprint density at radius 2 is 1.47 bits per heavy atom. The van der Waals surface area contributed by atoms with Crippen LogP contribution in [0.15, 0.2) is 108 Å². The quantitative estimate of drug-likeness (QED) is 0.293. The minimum atomic E-state index is -4.11. The second-order valence-electron chi connectivity index (χ2n) is 8.52. The third-order valence-corrected chi connectivity index (χ3v) is 7.81. The van der Waals surface area contributed by atoms with Crippen LogP contribution < -0.4 is 14.9 Å². The lowest BCUT2D eigenvalue weighted by Crippen LogP contribution is -2.39. The SMILES string of the molecule is Cc1ccc(Cl)cc1N(CC(=O)Nc1ccccc1C(=O)NCc1ccccc1)S(=O)(=O)c1ccccc1. The molecule has 2 N–H and O–H groups in total. The Morgan fingerprint density at radius 3 is 2.18 bits per heavy atom. The first kappa shape index (κ1) is 26.9. The first-order valence-electron chi connectivity index (χ1n) is 11.8. The van der Waals surface area contributed by atoms with E-state index in [1.165, 1.54) is 18.2 Å². The number of rotatable bonds is 9. The van der Waals surface area contributed by atoms with Crippen LogP contribution in [0.4, 0.5) is 11.4 Å². The number of benzene rings is 4. The van der Waals surface area contributed by atoms with Crippen molar-refractivity contribution < 1.29 is 18.0 Å². The molecule has 0 fully saturated rings. The molecule has 4 aromatic rings. The maximum absolute atomic E-state index is 13.6. The Bertz CT molecular complexity index is 1540. The summed E-state index contributed by atoms with van der Waals surface area (Å²) in [6.45, 7) is 1.53. The second-order valence-corrected chi connectivity index (χ2v) is 10.8. The van der Waals surface area contributed by atoms with Gasteiger partial charge in [0.05, 0.1) is 21.8 Å². The largest absolute Gasteiger partial charge is 0.348 e. The number of carbonyl (C=O) groups excluding carboxylic acids is 2. The van der Waals surface area contributed by atoms with Gasteiger partial charge in [-0.05, 0) is 54.4 Å². The Hall–Kier alpha value is -4.14. The van der Waals surface area contributed by atoms with E-state index in [1.54, 1.807) is 61.5 Å². The average molecular weight is 548 g/mol. The van der Waals surface area contributed by atoms with Gasteiger partial charge in [0.1, 0.15) is 6.54 Å². The van der Waals surface area contributed by atoms with Crippen LogP contribution in [0.1, 0.15) is 21.5 Å². The molecule has 38 heavy (non-hydrogen) atoms. The van der Waals surface area contributed by atoms with Crippen LogP contribution in [0.25, 0.3) is 0 Å². The topological polar surface area (TPSA) is 95.6 Å². The third-order valence-electron chi connectivity index (χ3n) is 5.80. The summed E-state index contributed by atoms with van der Waals surface area (Å²) in [6, 6.07) is 28.7. The van der Waals surface area contributed by atoms with E-state index in [1.807, 2.05) is 30.3 Å². The third kappa shape index (κ3) is 6.40. The molecule has 2 amide bonds. The van der Waals surface area contributed by atoms with E-state index < -0.39 is 22.5 Å². The second kappa shape index (κ2) is 11.9. The highest BCUT2D eigenvalue weighted by atomic mass is 35.5. The summed E-state index contributed by atoms with van der Waals surface area (Å²) in [5, 5.41) is 5.89. The molecular formula is C29H26ClN3O4S. The van der Waals surface area contributed by atoms with Gasteiger partial charge >= 0.3 is 0 Å². The maximum atomic E-state index is 13.6. The van der Waals surface area contributed by atoms with Gasteiger partial charge in [-0.2, -0.15) is 0 Å². The molecule has 0 atom stereocenters. The van der Waals surface area contributed by atoms with Gasteiger partial charge in [0.15, 0.2) is 0 Å². The maximum Gasteiger partial charge on any atom is 0.264 e. The van der Waals surface area contributed by atoms with Crippen LogP contribution in [0.2, 0.25) is 5.02 Å². The van der Waals surface area contributed by atoms with E-state index >= 15 is 0 Å². The van der Waals surface area contributed by atoms with Crippen molar-refractivity contribution in [1.29, 1.82) is 0 Å². The molecular weight excluding hydrogens is 522 g/mol.